The first-order chi connectivity index (χ1) is 10.7. The largest absolute Gasteiger partial charge is 0.376 e. The monoisotopic (exact) mass is 301 g/mol. The lowest BCUT2D eigenvalue weighted by Crippen LogP contribution is -2.25. The Morgan fingerprint density at radius 1 is 1.45 bits per heavy atom. The van der Waals surface area contributed by atoms with Crippen LogP contribution in [0.15, 0.2) is 10.2 Å². The SMILES string of the molecule is C#CCCC1(CCC(=O)NCc2n[nH]c3c2COCC3)N=N1. The Bertz CT molecular complexity index is 622. The molecular formula is C15H19N5O2. The van der Waals surface area contributed by atoms with E-state index >= 15 is 0 Å². The van der Waals surface area contributed by atoms with Gasteiger partial charge in [0.25, 0.3) is 0 Å². The van der Waals surface area contributed by atoms with Gasteiger partial charge in [-0.05, 0) is 0 Å². The number of fused-ring (bicyclic) bond motifs is 1. The third kappa shape index (κ3) is 3.34. The zero-order valence-corrected chi connectivity index (χ0v) is 12.4. The van der Waals surface area contributed by atoms with Gasteiger partial charge in [0, 0.05) is 43.4 Å². The fraction of sp³-hybridized carbons (Fsp3) is 0.600. The predicted molar refractivity (Wildman–Crippen MR) is 78.7 cm³/mol. The van der Waals surface area contributed by atoms with Gasteiger partial charge < -0.3 is 10.1 Å². The van der Waals surface area contributed by atoms with Gasteiger partial charge in [0.05, 0.1) is 25.5 Å². The van der Waals surface area contributed by atoms with E-state index in [9.17, 15) is 4.79 Å². The lowest BCUT2D eigenvalue weighted by molar-refractivity contribution is -0.121. The molecule has 3 heterocycles. The van der Waals surface area contributed by atoms with Gasteiger partial charge in [-0.3, -0.25) is 9.89 Å². The number of rotatable bonds is 7. The highest BCUT2D eigenvalue weighted by Gasteiger charge is 2.39. The second kappa shape index (κ2) is 6.28. The molecule has 2 aliphatic heterocycles. The van der Waals surface area contributed by atoms with E-state index in [1.54, 1.807) is 0 Å². The molecule has 0 spiro atoms. The van der Waals surface area contributed by atoms with Crippen molar-refractivity contribution < 1.29 is 9.53 Å². The van der Waals surface area contributed by atoms with E-state index in [1.165, 1.54) is 0 Å². The Morgan fingerprint density at radius 2 is 2.32 bits per heavy atom. The summed E-state index contributed by atoms with van der Waals surface area (Å²) in [5.41, 5.74) is 2.64. The Kier molecular flexibility index (Phi) is 4.20. The summed E-state index contributed by atoms with van der Waals surface area (Å²) in [6.45, 7) is 1.69. The topological polar surface area (TPSA) is 91.7 Å². The molecule has 1 aromatic heterocycles. The summed E-state index contributed by atoms with van der Waals surface area (Å²) >= 11 is 0. The van der Waals surface area contributed by atoms with Crippen LogP contribution in [0.4, 0.5) is 0 Å². The van der Waals surface area contributed by atoms with Crippen molar-refractivity contribution in [2.24, 2.45) is 10.2 Å². The van der Waals surface area contributed by atoms with E-state index < -0.39 is 5.66 Å². The second-order valence-corrected chi connectivity index (χ2v) is 5.59. The van der Waals surface area contributed by atoms with Crippen LogP contribution in [0.5, 0.6) is 0 Å². The third-order valence-electron chi connectivity index (χ3n) is 4.04. The van der Waals surface area contributed by atoms with E-state index in [-0.39, 0.29) is 5.91 Å². The quantitative estimate of drug-likeness (QED) is 0.747. The van der Waals surface area contributed by atoms with Gasteiger partial charge in [0.2, 0.25) is 5.91 Å². The van der Waals surface area contributed by atoms with Crippen LogP contribution in [0.2, 0.25) is 0 Å². The molecule has 0 saturated carbocycles. The fourth-order valence-corrected chi connectivity index (χ4v) is 2.57. The number of nitrogens with one attached hydrogen (secondary N) is 2. The van der Waals surface area contributed by atoms with Crippen molar-refractivity contribution in [1.29, 1.82) is 0 Å². The molecule has 0 aliphatic carbocycles. The van der Waals surface area contributed by atoms with E-state index in [4.69, 9.17) is 11.2 Å². The first-order valence-corrected chi connectivity index (χ1v) is 7.49. The summed E-state index contributed by atoms with van der Waals surface area (Å²) in [4.78, 5) is 12.0. The van der Waals surface area contributed by atoms with Crippen LogP contribution in [0.25, 0.3) is 0 Å². The van der Waals surface area contributed by atoms with E-state index in [0.717, 1.165) is 29.8 Å². The zero-order chi connectivity index (χ0) is 15.4. The Balaban J connectivity index is 1.43. The van der Waals surface area contributed by atoms with Crippen molar-refractivity contribution in [3.63, 3.8) is 0 Å². The second-order valence-electron chi connectivity index (χ2n) is 5.59. The van der Waals surface area contributed by atoms with Gasteiger partial charge in [-0.2, -0.15) is 15.3 Å². The summed E-state index contributed by atoms with van der Waals surface area (Å²) in [6.07, 6.45) is 8.45. The number of H-pyrrole nitrogens is 1. The maximum atomic E-state index is 12.0. The summed E-state index contributed by atoms with van der Waals surface area (Å²) in [7, 11) is 0. The van der Waals surface area contributed by atoms with Crippen molar-refractivity contribution in [3.8, 4) is 12.3 Å². The van der Waals surface area contributed by atoms with Crippen LogP contribution in [0.3, 0.4) is 0 Å². The smallest absolute Gasteiger partial charge is 0.220 e. The van der Waals surface area contributed by atoms with Crippen molar-refractivity contribution in [2.75, 3.05) is 6.61 Å². The van der Waals surface area contributed by atoms with Crippen LogP contribution < -0.4 is 5.32 Å². The molecule has 22 heavy (non-hydrogen) atoms. The van der Waals surface area contributed by atoms with Crippen LogP contribution in [0, 0.1) is 12.3 Å². The van der Waals surface area contributed by atoms with Crippen molar-refractivity contribution in [3.05, 3.63) is 17.0 Å². The molecular weight excluding hydrogens is 282 g/mol. The molecule has 3 rings (SSSR count). The van der Waals surface area contributed by atoms with Crippen molar-refractivity contribution in [2.45, 2.75) is 50.9 Å². The first kappa shape index (κ1) is 14.7. The minimum absolute atomic E-state index is 0.0224. The Labute approximate surface area is 128 Å². The maximum Gasteiger partial charge on any atom is 0.220 e. The Morgan fingerprint density at radius 3 is 3.09 bits per heavy atom. The van der Waals surface area contributed by atoms with Crippen LogP contribution >= 0.6 is 0 Å². The van der Waals surface area contributed by atoms with Crippen LogP contribution in [-0.4, -0.2) is 28.4 Å². The van der Waals surface area contributed by atoms with Gasteiger partial charge >= 0.3 is 0 Å². The number of terminal acetylenes is 1. The molecule has 2 N–H and O–H groups in total. The number of amides is 1. The first-order valence-electron chi connectivity index (χ1n) is 7.49. The fourth-order valence-electron chi connectivity index (χ4n) is 2.57. The number of carbonyl (C=O) groups is 1. The average Bonchev–Trinajstić information content (AvgIpc) is 3.20. The van der Waals surface area contributed by atoms with Crippen LogP contribution in [0.1, 0.15) is 42.6 Å². The number of hydrogen-bond donors (Lipinski definition) is 2. The summed E-state index contributed by atoms with van der Waals surface area (Å²) in [6, 6.07) is 0. The molecule has 0 saturated heterocycles. The highest BCUT2D eigenvalue weighted by Crippen LogP contribution is 2.37. The number of carbonyl (C=O) groups excluding carboxylic acids is 1. The summed E-state index contributed by atoms with van der Waals surface area (Å²) < 4.78 is 5.43. The van der Waals surface area contributed by atoms with Gasteiger partial charge in [-0.1, -0.05) is 0 Å². The number of hydrogen-bond acceptors (Lipinski definition) is 5. The van der Waals surface area contributed by atoms with Crippen molar-refractivity contribution in [1.82, 2.24) is 15.5 Å². The van der Waals surface area contributed by atoms with E-state index in [0.29, 0.717) is 39.0 Å². The highest BCUT2D eigenvalue weighted by molar-refractivity contribution is 5.76. The molecule has 0 unspecified atom stereocenters. The van der Waals surface area contributed by atoms with E-state index in [1.807, 2.05) is 0 Å². The normalized spacial score (nSPS) is 17.6. The molecule has 2 aliphatic rings. The number of aromatic nitrogens is 2. The van der Waals surface area contributed by atoms with E-state index in [2.05, 4.69) is 31.7 Å². The molecule has 0 aromatic carbocycles. The minimum Gasteiger partial charge on any atom is -0.376 e. The summed E-state index contributed by atoms with van der Waals surface area (Å²) in [5, 5.41) is 18.2. The molecule has 1 amide bonds. The molecule has 7 heteroatoms. The lowest BCUT2D eigenvalue weighted by Gasteiger charge is -2.13. The number of aromatic amines is 1. The number of nitrogens with zero attached hydrogens (tertiary/aromatic N) is 3. The highest BCUT2D eigenvalue weighted by atomic mass is 16.5. The standard InChI is InChI=1S/C15H19N5O2/c1-2-3-6-15(19-20-15)7-4-14(21)16-9-13-11-10-22-8-5-12(11)17-18-13/h1H,3-10H2,(H,16,21)(H,17,18). The molecule has 0 atom stereocenters. The predicted octanol–water partition coefficient (Wildman–Crippen LogP) is 1.45. The minimum atomic E-state index is -0.400. The molecule has 0 radical (unpaired) electrons. The molecule has 0 fully saturated rings. The maximum absolute atomic E-state index is 12.0. The van der Waals surface area contributed by atoms with Gasteiger partial charge in [0.15, 0.2) is 5.66 Å². The average molecular weight is 301 g/mol. The molecule has 1 aromatic rings. The number of ether oxygens (including phenoxy) is 1. The van der Waals surface area contributed by atoms with Crippen LogP contribution in [-0.2, 0) is 29.1 Å². The summed E-state index contributed by atoms with van der Waals surface area (Å²) in [5.74, 6) is 2.56. The zero-order valence-electron chi connectivity index (χ0n) is 12.4. The van der Waals surface area contributed by atoms with Crippen molar-refractivity contribution >= 4 is 5.91 Å². The van der Waals surface area contributed by atoms with Gasteiger partial charge in [0.1, 0.15) is 0 Å². The molecule has 116 valence electrons. The molecule has 7 nitrogen and oxygen atoms in total. The Hall–Kier alpha value is -2.20. The third-order valence-corrected chi connectivity index (χ3v) is 4.04. The lowest BCUT2D eigenvalue weighted by atomic mass is 10.0. The van der Waals surface area contributed by atoms with Gasteiger partial charge in [-0.15, -0.1) is 12.3 Å². The van der Waals surface area contributed by atoms with Gasteiger partial charge in [-0.25, -0.2) is 0 Å². The molecule has 0 bridgehead atoms.